The predicted octanol–water partition coefficient (Wildman–Crippen LogP) is 3.02. The zero-order chi connectivity index (χ0) is 21.2. The van der Waals surface area contributed by atoms with Crippen molar-refractivity contribution in [3.63, 3.8) is 0 Å². The van der Waals surface area contributed by atoms with Gasteiger partial charge in [-0.2, -0.15) is 4.68 Å². The molecule has 11 heteroatoms. The summed E-state index contributed by atoms with van der Waals surface area (Å²) in [6, 6.07) is 11.4. The molecule has 0 amide bonds. The number of carboxylic acids is 1. The molecule has 0 saturated carbocycles. The van der Waals surface area contributed by atoms with Crippen LogP contribution in [0.2, 0.25) is 0 Å². The first-order chi connectivity index (χ1) is 13.7. The van der Waals surface area contributed by atoms with Crippen LogP contribution in [0.15, 0.2) is 53.7 Å². The zero-order valence-corrected chi connectivity index (χ0v) is 16.2. The molecule has 0 bridgehead atoms. The monoisotopic (exact) mass is 413 g/mol. The molecular weight excluding hydrogens is 398 g/mol. The Balaban J connectivity index is 1.83. The first-order valence-corrected chi connectivity index (χ1v) is 9.11. The van der Waals surface area contributed by atoms with Crippen LogP contribution in [-0.4, -0.2) is 46.7 Å². The molecule has 0 saturated heterocycles. The average molecular weight is 413 g/mol. The summed E-state index contributed by atoms with van der Waals surface area (Å²) in [4.78, 5) is 34.2. The second-order valence-corrected chi connectivity index (χ2v) is 8.06. The topological polar surface area (TPSA) is 141 Å². The predicted molar refractivity (Wildman–Crippen MR) is 103 cm³/mol. The number of carboxylic acid groups (broad SMARTS) is 1. The summed E-state index contributed by atoms with van der Waals surface area (Å²) in [7, 11) is 0. The van der Waals surface area contributed by atoms with E-state index in [1.165, 1.54) is 41.1 Å². The molecule has 2 aromatic carbocycles. The van der Waals surface area contributed by atoms with Gasteiger partial charge < -0.3 is 5.11 Å². The molecule has 1 N–H and O–H groups in total. The Labute approximate surface area is 168 Å². The van der Waals surface area contributed by atoms with Gasteiger partial charge in [0, 0.05) is 17.7 Å². The number of carbonyl (C=O) groups is 2. The van der Waals surface area contributed by atoms with E-state index in [-0.39, 0.29) is 17.0 Å². The highest BCUT2D eigenvalue weighted by Crippen LogP contribution is 2.35. The first kappa shape index (κ1) is 20.1. The maximum atomic E-state index is 12.9. The number of nitro groups is 1. The number of aromatic carboxylic acids is 1. The van der Waals surface area contributed by atoms with Gasteiger partial charge in [-0.05, 0) is 60.7 Å². The number of tetrazole rings is 1. The van der Waals surface area contributed by atoms with E-state index in [4.69, 9.17) is 5.11 Å². The van der Waals surface area contributed by atoms with Crippen LogP contribution < -0.4 is 0 Å². The molecule has 0 unspecified atom stereocenters. The summed E-state index contributed by atoms with van der Waals surface area (Å²) in [5, 5.41) is 31.6. The Morgan fingerprint density at radius 3 is 2.21 bits per heavy atom. The van der Waals surface area contributed by atoms with E-state index in [9.17, 15) is 19.7 Å². The molecule has 0 spiro atoms. The Kier molecular flexibility index (Phi) is 5.41. The van der Waals surface area contributed by atoms with E-state index in [1.54, 1.807) is 26.0 Å². The fourth-order valence-electron chi connectivity index (χ4n) is 2.51. The lowest BCUT2D eigenvalue weighted by Crippen LogP contribution is -2.28. The minimum atomic E-state index is -1.04. The standard InChI is InChI=1S/C18H15N5O5S/c1-18(2,15(24)11-3-9-14(10-4-11)23(27)28)29-17-19-20-21-22(17)13-7-5-12(6-8-13)16(25)26/h3-10H,1-2H3,(H,25,26). The third-order valence-corrected chi connectivity index (χ3v) is 5.17. The van der Waals surface area contributed by atoms with Gasteiger partial charge >= 0.3 is 5.97 Å². The summed E-state index contributed by atoms with van der Waals surface area (Å²) >= 11 is 1.13. The second kappa shape index (κ2) is 7.80. The van der Waals surface area contributed by atoms with Crippen molar-refractivity contribution in [1.82, 2.24) is 20.2 Å². The largest absolute Gasteiger partial charge is 0.478 e. The highest BCUT2D eigenvalue weighted by atomic mass is 32.2. The zero-order valence-electron chi connectivity index (χ0n) is 15.3. The summed E-state index contributed by atoms with van der Waals surface area (Å²) in [6.45, 7) is 3.40. The lowest BCUT2D eigenvalue weighted by Gasteiger charge is -2.21. The molecule has 10 nitrogen and oxygen atoms in total. The number of rotatable bonds is 7. The molecule has 0 radical (unpaired) electrons. The van der Waals surface area contributed by atoms with E-state index >= 15 is 0 Å². The van der Waals surface area contributed by atoms with E-state index < -0.39 is 15.6 Å². The fraction of sp³-hybridized carbons (Fsp3) is 0.167. The van der Waals surface area contributed by atoms with Crippen LogP contribution in [0.5, 0.6) is 0 Å². The van der Waals surface area contributed by atoms with E-state index in [1.807, 2.05) is 0 Å². The molecule has 0 aliphatic carbocycles. The summed E-state index contributed by atoms with van der Waals surface area (Å²) in [5.41, 5.74) is 0.907. The van der Waals surface area contributed by atoms with Crippen LogP contribution in [0.4, 0.5) is 5.69 Å². The van der Waals surface area contributed by atoms with Gasteiger partial charge in [-0.25, -0.2) is 4.79 Å². The molecule has 0 atom stereocenters. The first-order valence-electron chi connectivity index (χ1n) is 8.29. The van der Waals surface area contributed by atoms with Crippen LogP contribution in [0.3, 0.4) is 0 Å². The molecule has 0 aliphatic heterocycles. The van der Waals surface area contributed by atoms with Gasteiger partial charge in [0.1, 0.15) is 0 Å². The highest BCUT2D eigenvalue weighted by Gasteiger charge is 2.32. The normalized spacial score (nSPS) is 11.2. The number of nitrogens with zero attached hydrogens (tertiary/aromatic N) is 5. The smallest absolute Gasteiger partial charge is 0.335 e. The lowest BCUT2D eigenvalue weighted by molar-refractivity contribution is -0.384. The van der Waals surface area contributed by atoms with Gasteiger partial charge in [-0.1, -0.05) is 11.8 Å². The lowest BCUT2D eigenvalue weighted by atomic mass is 10.00. The molecule has 29 heavy (non-hydrogen) atoms. The van der Waals surface area contributed by atoms with Crippen molar-refractivity contribution in [3.8, 4) is 5.69 Å². The number of carbonyl (C=O) groups excluding carboxylic acids is 1. The van der Waals surface area contributed by atoms with Crippen LogP contribution in [0.25, 0.3) is 5.69 Å². The van der Waals surface area contributed by atoms with Crippen LogP contribution in [-0.2, 0) is 0 Å². The van der Waals surface area contributed by atoms with Crippen molar-refractivity contribution in [2.75, 3.05) is 0 Å². The third-order valence-electron chi connectivity index (χ3n) is 4.03. The summed E-state index contributed by atoms with van der Waals surface area (Å²) < 4.78 is 0.435. The maximum absolute atomic E-state index is 12.9. The van der Waals surface area contributed by atoms with Crippen molar-refractivity contribution < 1.29 is 19.6 Å². The van der Waals surface area contributed by atoms with Crippen molar-refractivity contribution in [3.05, 3.63) is 69.8 Å². The number of Topliss-reactive ketones (excluding diaryl/α,β-unsaturated/α-hetero) is 1. The molecule has 0 fully saturated rings. The molecule has 0 aliphatic rings. The second-order valence-electron chi connectivity index (χ2n) is 6.47. The highest BCUT2D eigenvalue weighted by molar-refractivity contribution is 8.01. The Morgan fingerprint density at radius 1 is 1.07 bits per heavy atom. The third kappa shape index (κ3) is 4.29. The van der Waals surface area contributed by atoms with Gasteiger partial charge in [0.15, 0.2) is 5.78 Å². The molecule has 148 valence electrons. The summed E-state index contributed by atoms with van der Waals surface area (Å²) in [5.74, 6) is -1.29. The van der Waals surface area contributed by atoms with Crippen molar-refractivity contribution >= 4 is 29.2 Å². The molecule has 3 rings (SSSR count). The van der Waals surface area contributed by atoms with Crippen molar-refractivity contribution in [2.45, 2.75) is 23.8 Å². The Bertz CT molecular complexity index is 1080. The van der Waals surface area contributed by atoms with Crippen LogP contribution in [0, 0.1) is 10.1 Å². The average Bonchev–Trinajstić information content (AvgIpc) is 3.14. The van der Waals surface area contributed by atoms with E-state index in [0.29, 0.717) is 16.4 Å². The Morgan fingerprint density at radius 2 is 1.66 bits per heavy atom. The van der Waals surface area contributed by atoms with Crippen molar-refractivity contribution in [1.29, 1.82) is 0 Å². The number of hydrogen-bond acceptors (Lipinski definition) is 8. The number of benzene rings is 2. The van der Waals surface area contributed by atoms with Gasteiger partial charge in [0.05, 0.1) is 20.9 Å². The Hall–Kier alpha value is -3.60. The van der Waals surface area contributed by atoms with E-state index in [0.717, 1.165) is 11.8 Å². The van der Waals surface area contributed by atoms with Gasteiger partial charge in [0.2, 0.25) is 5.16 Å². The number of aromatic nitrogens is 4. The van der Waals surface area contributed by atoms with Crippen molar-refractivity contribution in [2.24, 2.45) is 0 Å². The summed E-state index contributed by atoms with van der Waals surface area (Å²) in [6.07, 6.45) is 0. The number of nitro benzene ring substituents is 1. The van der Waals surface area contributed by atoms with E-state index in [2.05, 4.69) is 15.5 Å². The van der Waals surface area contributed by atoms with Gasteiger partial charge in [-0.15, -0.1) is 5.10 Å². The minimum absolute atomic E-state index is 0.0965. The minimum Gasteiger partial charge on any atom is -0.478 e. The molecular formula is C18H15N5O5S. The van der Waals surface area contributed by atoms with Crippen LogP contribution >= 0.6 is 11.8 Å². The number of thioether (sulfide) groups is 1. The van der Waals surface area contributed by atoms with Gasteiger partial charge in [-0.3, -0.25) is 14.9 Å². The SMILES string of the molecule is CC(C)(Sc1nnnn1-c1ccc(C(=O)O)cc1)C(=O)c1ccc([N+](=O)[O-])cc1. The molecule has 1 heterocycles. The molecule has 3 aromatic rings. The maximum Gasteiger partial charge on any atom is 0.335 e. The number of hydrogen-bond donors (Lipinski definition) is 1. The number of ketones is 1. The quantitative estimate of drug-likeness (QED) is 0.268. The molecule has 1 aromatic heterocycles. The number of non-ortho nitro benzene ring substituents is 1. The van der Waals surface area contributed by atoms with Crippen LogP contribution in [0.1, 0.15) is 34.6 Å². The fourth-order valence-corrected chi connectivity index (χ4v) is 3.48. The van der Waals surface area contributed by atoms with Gasteiger partial charge in [0.25, 0.3) is 5.69 Å².